The van der Waals surface area contributed by atoms with Crippen molar-refractivity contribution in [2.75, 3.05) is 0 Å². The van der Waals surface area contributed by atoms with Crippen molar-refractivity contribution in [2.45, 2.75) is 12.8 Å². The number of benzene rings is 1. The molecule has 0 aliphatic rings. The molecule has 4 nitrogen and oxygen atoms in total. The number of nitrogens with zero attached hydrogens (tertiary/aromatic N) is 2. The summed E-state index contributed by atoms with van der Waals surface area (Å²) >= 11 is 0. The summed E-state index contributed by atoms with van der Waals surface area (Å²) in [5.41, 5.74) is 1.38. The van der Waals surface area contributed by atoms with Gasteiger partial charge in [-0.25, -0.2) is 4.39 Å². The van der Waals surface area contributed by atoms with E-state index in [9.17, 15) is 9.18 Å². The Morgan fingerprint density at radius 2 is 2.31 bits per heavy atom. The van der Waals surface area contributed by atoms with E-state index >= 15 is 0 Å². The van der Waals surface area contributed by atoms with Gasteiger partial charge in [0, 0.05) is 30.6 Å². The fourth-order valence-corrected chi connectivity index (χ4v) is 1.75. The number of aromatic nitrogens is 2. The number of fused-ring (bicyclic) bond motifs is 1. The maximum atomic E-state index is 12.9. The number of hydrogen-bond donors (Lipinski definition) is 1. The Bertz CT molecular complexity index is 548. The molecule has 0 saturated carbocycles. The zero-order valence-electron chi connectivity index (χ0n) is 8.77. The van der Waals surface area contributed by atoms with Crippen molar-refractivity contribution in [1.29, 1.82) is 0 Å². The molecular formula is C11H11FN2O2. The second kappa shape index (κ2) is 3.92. The number of halogens is 1. The van der Waals surface area contributed by atoms with Crippen LogP contribution in [-0.4, -0.2) is 20.9 Å². The normalized spacial score (nSPS) is 10.9. The van der Waals surface area contributed by atoms with Crippen molar-refractivity contribution in [3.05, 3.63) is 29.7 Å². The van der Waals surface area contributed by atoms with Crippen LogP contribution in [-0.2, 0) is 18.3 Å². The molecule has 0 atom stereocenters. The van der Waals surface area contributed by atoms with Crippen LogP contribution in [0.5, 0.6) is 0 Å². The van der Waals surface area contributed by atoms with E-state index in [-0.39, 0.29) is 12.2 Å². The van der Waals surface area contributed by atoms with Gasteiger partial charge in [-0.3, -0.25) is 9.48 Å². The molecule has 0 saturated heterocycles. The van der Waals surface area contributed by atoms with E-state index in [1.54, 1.807) is 17.8 Å². The lowest BCUT2D eigenvalue weighted by molar-refractivity contribution is -0.136. The number of rotatable bonds is 3. The zero-order chi connectivity index (χ0) is 11.7. The van der Waals surface area contributed by atoms with Gasteiger partial charge in [0.05, 0.1) is 11.9 Å². The number of aryl methyl sites for hydroxylation is 2. The highest BCUT2D eigenvalue weighted by atomic mass is 19.1. The van der Waals surface area contributed by atoms with Crippen molar-refractivity contribution < 1.29 is 14.3 Å². The van der Waals surface area contributed by atoms with Gasteiger partial charge in [0.15, 0.2) is 0 Å². The number of carboxylic acids is 1. The molecule has 0 amide bonds. The minimum absolute atomic E-state index is 0.0476. The molecule has 1 N–H and O–H groups in total. The van der Waals surface area contributed by atoms with Crippen molar-refractivity contribution >= 4 is 16.9 Å². The molecule has 0 spiro atoms. The Morgan fingerprint density at radius 1 is 1.56 bits per heavy atom. The Balaban J connectivity index is 2.43. The third kappa shape index (κ3) is 1.88. The lowest BCUT2D eigenvalue weighted by atomic mass is 10.1. The molecule has 0 aliphatic heterocycles. The first kappa shape index (κ1) is 10.6. The van der Waals surface area contributed by atoms with E-state index in [2.05, 4.69) is 5.10 Å². The summed E-state index contributed by atoms with van der Waals surface area (Å²) in [5.74, 6) is -1.19. The summed E-state index contributed by atoms with van der Waals surface area (Å²) in [5, 5.41) is 13.6. The van der Waals surface area contributed by atoms with Crippen LogP contribution in [0.3, 0.4) is 0 Å². The molecule has 2 aromatic rings. The molecule has 0 unspecified atom stereocenters. The van der Waals surface area contributed by atoms with Gasteiger partial charge in [0.2, 0.25) is 0 Å². The summed E-state index contributed by atoms with van der Waals surface area (Å²) in [6.45, 7) is 0. The predicted octanol–water partition coefficient (Wildman–Crippen LogP) is 1.73. The van der Waals surface area contributed by atoms with Crippen LogP contribution < -0.4 is 0 Å². The first-order valence-electron chi connectivity index (χ1n) is 4.91. The molecular weight excluding hydrogens is 211 g/mol. The van der Waals surface area contributed by atoms with Crippen molar-refractivity contribution in [2.24, 2.45) is 7.05 Å². The number of aliphatic carboxylic acids is 1. The first-order chi connectivity index (χ1) is 7.58. The van der Waals surface area contributed by atoms with Crippen LogP contribution in [0.1, 0.15) is 12.1 Å². The van der Waals surface area contributed by atoms with Crippen LogP contribution in [0.15, 0.2) is 18.2 Å². The SMILES string of the molecule is Cn1nc2cc(F)ccc2c1CCC(=O)O. The summed E-state index contributed by atoms with van der Waals surface area (Å²) in [6.07, 6.45) is 0.444. The molecule has 0 radical (unpaired) electrons. The molecule has 84 valence electrons. The van der Waals surface area contributed by atoms with E-state index in [0.717, 1.165) is 11.1 Å². The molecule has 1 heterocycles. The third-order valence-electron chi connectivity index (χ3n) is 2.49. The van der Waals surface area contributed by atoms with Crippen LogP contribution in [0, 0.1) is 5.82 Å². The third-order valence-corrected chi connectivity index (χ3v) is 2.49. The van der Waals surface area contributed by atoms with Crippen molar-refractivity contribution in [3.63, 3.8) is 0 Å². The maximum absolute atomic E-state index is 12.9. The second-order valence-electron chi connectivity index (χ2n) is 3.63. The Labute approximate surface area is 91.3 Å². The average Bonchev–Trinajstić information content (AvgIpc) is 2.50. The quantitative estimate of drug-likeness (QED) is 0.860. The Hall–Kier alpha value is -1.91. The van der Waals surface area contributed by atoms with Gasteiger partial charge < -0.3 is 5.11 Å². The first-order valence-corrected chi connectivity index (χ1v) is 4.91. The number of hydrogen-bond acceptors (Lipinski definition) is 2. The Morgan fingerprint density at radius 3 is 3.00 bits per heavy atom. The number of carbonyl (C=O) groups is 1. The summed E-state index contributed by atoms with van der Waals surface area (Å²) in [4.78, 5) is 10.5. The molecule has 1 aromatic heterocycles. The van der Waals surface area contributed by atoms with Gasteiger partial charge in [0.1, 0.15) is 5.82 Å². The van der Waals surface area contributed by atoms with Crippen LogP contribution in [0.25, 0.3) is 10.9 Å². The lowest BCUT2D eigenvalue weighted by Gasteiger charge is -1.99. The summed E-state index contributed by atoms with van der Waals surface area (Å²) < 4.78 is 14.6. The van der Waals surface area contributed by atoms with Crippen LogP contribution >= 0.6 is 0 Å². The van der Waals surface area contributed by atoms with Gasteiger partial charge >= 0.3 is 5.97 Å². The van der Waals surface area contributed by atoms with E-state index in [1.807, 2.05) is 0 Å². The summed E-state index contributed by atoms with van der Waals surface area (Å²) in [7, 11) is 1.73. The molecule has 0 bridgehead atoms. The van der Waals surface area contributed by atoms with Gasteiger partial charge in [-0.2, -0.15) is 5.10 Å². The smallest absolute Gasteiger partial charge is 0.303 e. The fourth-order valence-electron chi connectivity index (χ4n) is 1.75. The fraction of sp³-hybridized carbons (Fsp3) is 0.273. The second-order valence-corrected chi connectivity index (χ2v) is 3.63. The Kier molecular flexibility index (Phi) is 2.60. The minimum Gasteiger partial charge on any atom is -0.481 e. The van der Waals surface area contributed by atoms with Gasteiger partial charge in [-0.05, 0) is 12.1 Å². The largest absolute Gasteiger partial charge is 0.481 e. The highest BCUT2D eigenvalue weighted by Crippen LogP contribution is 2.19. The maximum Gasteiger partial charge on any atom is 0.303 e. The van der Waals surface area contributed by atoms with E-state index in [4.69, 9.17) is 5.11 Å². The standard InChI is InChI=1S/C11H11FN2O2/c1-14-10(4-5-11(15)16)8-3-2-7(12)6-9(8)13-14/h2-3,6H,4-5H2,1H3,(H,15,16). The zero-order valence-corrected chi connectivity index (χ0v) is 8.77. The van der Waals surface area contributed by atoms with Gasteiger partial charge in [-0.1, -0.05) is 0 Å². The van der Waals surface area contributed by atoms with Gasteiger partial charge in [0.25, 0.3) is 0 Å². The topological polar surface area (TPSA) is 55.1 Å². The number of carboxylic acid groups (broad SMARTS) is 1. The highest BCUT2D eigenvalue weighted by Gasteiger charge is 2.10. The monoisotopic (exact) mass is 222 g/mol. The molecule has 2 rings (SSSR count). The minimum atomic E-state index is -0.850. The van der Waals surface area contributed by atoms with Crippen molar-refractivity contribution in [3.8, 4) is 0 Å². The van der Waals surface area contributed by atoms with Crippen LogP contribution in [0.4, 0.5) is 4.39 Å². The molecule has 5 heteroatoms. The summed E-state index contributed by atoms with van der Waals surface area (Å²) in [6, 6.07) is 4.34. The highest BCUT2D eigenvalue weighted by molar-refractivity contribution is 5.82. The van der Waals surface area contributed by atoms with Crippen molar-refractivity contribution in [1.82, 2.24) is 9.78 Å². The molecule has 1 aromatic carbocycles. The predicted molar refractivity (Wildman–Crippen MR) is 56.6 cm³/mol. The van der Waals surface area contributed by atoms with Gasteiger partial charge in [-0.15, -0.1) is 0 Å². The average molecular weight is 222 g/mol. The van der Waals surface area contributed by atoms with E-state index < -0.39 is 5.97 Å². The lowest BCUT2D eigenvalue weighted by Crippen LogP contribution is -2.03. The van der Waals surface area contributed by atoms with E-state index in [0.29, 0.717) is 11.9 Å². The van der Waals surface area contributed by atoms with Crippen LogP contribution in [0.2, 0.25) is 0 Å². The molecule has 0 fully saturated rings. The molecule has 0 aliphatic carbocycles. The molecule has 16 heavy (non-hydrogen) atoms. The van der Waals surface area contributed by atoms with E-state index in [1.165, 1.54) is 12.1 Å².